The number of methoxy groups -OCH3 is 1. The van der Waals surface area contributed by atoms with Crippen LogP contribution in [0.3, 0.4) is 0 Å². The fourth-order valence-corrected chi connectivity index (χ4v) is 5.24. The number of aromatic nitrogens is 1. The summed E-state index contributed by atoms with van der Waals surface area (Å²) in [6, 6.07) is 20.1. The Hall–Kier alpha value is -3.69. The van der Waals surface area contributed by atoms with Crippen molar-refractivity contribution in [1.29, 1.82) is 0 Å². The molecule has 4 aromatic rings. The number of nitrogens with one attached hydrogen (secondary N) is 1. The molecule has 3 aromatic carbocycles. The number of nitrogens with zero attached hydrogens (tertiary/aromatic N) is 2. The summed E-state index contributed by atoms with van der Waals surface area (Å²) in [7, 11) is -0.895. The van der Waals surface area contributed by atoms with Crippen molar-refractivity contribution in [3.8, 4) is 17.0 Å². The normalized spacial score (nSPS) is 11.1. The van der Waals surface area contributed by atoms with Gasteiger partial charge in [0.25, 0.3) is 15.9 Å². The second-order valence-electron chi connectivity index (χ2n) is 7.46. The molecule has 0 aliphatic carbocycles. The molecule has 9 heteroatoms. The van der Waals surface area contributed by atoms with E-state index in [-0.39, 0.29) is 10.8 Å². The lowest BCUT2D eigenvalue weighted by atomic mass is 10.1. The monoisotopic (exact) mass is 493 g/mol. The van der Waals surface area contributed by atoms with Gasteiger partial charge in [0.1, 0.15) is 5.75 Å². The van der Waals surface area contributed by atoms with Gasteiger partial charge in [-0.15, -0.1) is 11.3 Å². The Balaban J connectivity index is 1.52. The van der Waals surface area contributed by atoms with E-state index < -0.39 is 10.0 Å². The number of anilines is 2. The number of hydrogen-bond acceptors (Lipinski definition) is 6. The molecule has 1 aromatic heterocycles. The number of hydrogen-bond donors (Lipinski definition) is 1. The van der Waals surface area contributed by atoms with Gasteiger partial charge in [0.15, 0.2) is 0 Å². The number of ether oxygens (including phenoxy) is 1. The predicted octanol–water partition coefficient (Wildman–Crippen LogP) is 5.20. The van der Waals surface area contributed by atoms with Gasteiger partial charge in [-0.3, -0.25) is 9.10 Å². The van der Waals surface area contributed by atoms with Crippen LogP contribution in [0.15, 0.2) is 83.1 Å². The first kappa shape index (κ1) is 23.5. The SMILES string of the molecule is COc1ccccc1N(C)S(=O)(=O)c1ccc(C(=O)Nc2cccc(-c3csc(C)n3)c2)cc1. The van der Waals surface area contributed by atoms with Crippen LogP contribution in [0.2, 0.25) is 0 Å². The summed E-state index contributed by atoms with van der Waals surface area (Å²) in [6.45, 7) is 1.94. The van der Waals surface area contributed by atoms with E-state index in [2.05, 4.69) is 10.3 Å². The maximum Gasteiger partial charge on any atom is 0.264 e. The van der Waals surface area contributed by atoms with Crippen LogP contribution in [0.4, 0.5) is 11.4 Å². The number of thiazole rings is 1. The number of sulfonamides is 1. The number of aryl methyl sites for hydroxylation is 1. The third-order valence-corrected chi connectivity index (χ3v) is 7.79. The van der Waals surface area contributed by atoms with Gasteiger partial charge in [0.05, 0.1) is 28.4 Å². The van der Waals surface area contributed by atoms with Crippen molar-refractivity contribution in [3.05, 3.63) is 88.7 Å². The predicted molar refractivity (Wildman–Crippen MR) is 135 cm³/mol. The average Bonchev–Trinajstić information content (AvgIpc) is 3.30. The minimum absolute atomic E-state index is 0.0679. The molecule has 0 bridgehead atoms. The molecule has 1 amide bonds. The highest BCUT2D eigenvalue weighted by Gasteiger charge is 2.24. The largest absolute Gasteiger partial charge is 0.495 e. The van der Waals surface area contributed by atoms with E-state index in [1.54, 1.807) is 41.7 Å². The fourth-order valence-electron chi connectivity index (χ4n) is 3.41. The van der Waals surface area contributed by atoms with Crippen LogP contribution in [0.5, 0.6) is 5.75 Å². The Morgan fingerprint density at radius 1 is 1.03 bits per heavy atom. The molecule has 0 aliphatic rings. The van der Waals surface area contributed by atoms with Gasteiger partial charge in [0, 0.05) is 29.2 Å². The van der Waals surface area contributed by atoms with Crippen molar-refractivity contribution in [1.82, 2.24) is 4.98 Å². The molecule has 7 nitrogen and oxygen atoms in total. The highest BCUT2D eigenvalue weighted by atomic mass is 32.2. The molecule has 0 atom stereocenters. The zero-order valence-corrected chi connectivity index (χ0v) is 20.5. The Morgan fingerprint density at radius 2 is 1.76 bits per heavy atom. The smallest absolute Gasteiger partial charge is 0.264 e. The van der Waals surface area contributed by atoms with E-state index in [0.717, 1.165) is 20.6 Å². The first-order chi connectivity index (χ1) is 16.3. The van der Waals surface area contributed by atoms with Gasteiger partial charge in [-0.2, -0.15) is 0 Å². The first-order valence-electron chi connectivity index (χ1n) is 10.4. The fraction of sp³-hybridized carbons (Fsp3) is 0.120. The van der Waals surface area contributed by atoms with Crippen molar-refractivity contribution in [2.24, 2.45) is 0 Å². The van der Waals surface area contributed by atoms with Gasteiger partial charge in [-0.25, -0.2) is 13.4 Å². The molecule has 4 rings (SSSR count). The van der Waals surface area contributed by atoms with Crippen molar-refractivity contribution in [2.45, 2.75) is 11.8 Å². The molecule has 0 aliphatic heterocycles. The Bertz CT molecular complexity index is 1430. The van der Waals surface area contributed by atoms with Gasteiger partial charge in [-0.1, -0.05) is 24.3 Å². The number of amides is 1. The minimum Gasteiger partial charge on any atom is -0.495 e. The van der Waals surface area contributed by atoms with Crippen molar-refractivity contribution < 1.29 is 17.9 Å². The van der Waals surface area contributed by atoms with Gasteiger partial charge >= 0.3 is 0 Å². The van der Waals surface area contributed by atoms with Crippen LogP contribution in [-0.2, 0) is 10.0 Å². The highest BCUT2D eigenvalue weighted by molar-refractivity contribution is 7.92. The zero-order valence-electron chi connectivity index (χ0n) is 18.8. The molecule has 1 heterocycles. The number of carbonyl (C=O) groups excluding carboxylic acids is 1. The van der Waals surface area contributed by atoms with Crippen LogP contribution in [0, 0.1) is 6.92 Å². The number of benzene rings is 3. The van der Waals surface area contributed by atoms with Crippen LogP contribution in [0.25, 0.3) is 11.3 Å². The Morgan fingerprint density at radius 3 is 2.44 bits per heavy atom. The van der Waals surface area contributed by atoms with Gasteiger partial charge in [-0.05, 0) is 55.5 Å². The lowest BCUT2D eigenvalue weighted by Gasteiger charge is -2.21. The molecule has 0 fully saturated rings. The summed E-state index contributed by atoms with van der Waals surface area (Å²) in [5, 5.41) is 5.80. The summed E-state index contributed by atoms with van der Waals surface area (Å²) >= 11 is 1.56. The minimum atomic E-state index is -3.84. The third-order valence-electron chi connectivity index (χ3n) is 5.23. The molecular formula is C25H23N3O4S2. The zero-order chi connectivity index (χ0) is 24.3. The average molecular weight is 494 g/mol. The molecule has 0 unspecified atom stereocenters. The summed E-state index contributed by atoms with van der Waals surface area (Å²) in [5.41, 5.74) is 3.15. The van der Waals surface area contributed by atoms with E-state index >= 15 is 0 Å². The maximum atomic E-state index is 13.1. The standard InChI is InChI=1S/C25H23N3O4S2/c1-17-26-22(16-33-17)19-7-6-8-20(15-19)27-25(29)18-11-13-21(14-12-18)34(30,31)28(2)23-9-4-5-10-24(23)32-3/h4-16H,1-3H3,(H,27,29). The maximum absolute atomic E-state index is 13.1. The number of carbonyl (C=O) groups is 1. The summed E-state index contributed by atoms with van der Waals surface area (Å²) < 4.78 is 32.7. The highest BCUT2D eigenvalue weighted by Crippen LogP contribution is 2.31. The molecular weight excluding hydrogens is 470 g/mol. The first-order valence-corrected chi connectivity index (χ1v) is 12.7. The number of para-hydroxylation sites is 2. The topological polar surface area (TPSA) is 88.6 Å². The summed E-state index contributed by atoms with van der Waals surface area (Å²) in [4.78, 5) is 17.3. The molecule has 0 saturated heterocycles. The molecule has 34 heavy (non-hydrogen) atoms. The molecule has 174 valence electrons. The van der Waals surface area contributed by atoms with Gasteiger partial charge in [0.2, 0.25) is 0 Å². The Labute approximate surface area is 202 Å². The van der Waals surface area contributed by atoms with E-state index in [1.165, 1.54) is 38.4 Å². The molecule has 1 N–H and O–H groups in total. The lowest BCUT2D eigenvalue weighted by molar-refractivity contribution is 0.102. The van der Waals surface area contributed by atoms with Crippen LogP contribution >= 0.6 is 11.3 Å². The van der Waals surface area contributed by atoms with Crippen LogP contribution < -0.4 is 14.4 Å². The second kappa shape index (κ2) is 9.66. The van der Waals surface area contributed by atoms with E-state index in [4.69, 9.17) is 4.74 Å². The Kier molecular flexibility index (Phi) is 6.67. The molecule has 0 saturated carbocycles. The van der Waals surface area contributed by atoms with Crippen molar-refractivity contribution >= 4 is 38.6 Å². The quantitative estimate of drug-likeness (QED) is 0.382. The van der Waals surface area contributed by atoms with Crippen molar-refractivity contribution in [2.75, 3.05) is 23.8 Å². The molecule has 0 spiro atoms. The summed E-state index contributed by atoms with van der Waals surface area (Å²) in [6.07, 6.45) is 0. The third kappa shape index (κ3) is 4.80. The second-order valence-corrected chi connectivity index (χ2v) is 10.5. The van der Waals surface area contributed by atoms with Gasteiger partial charge < -0.3 is 10.1 Å². The van der Waals surface area contributed by atoms with Crippen LogP contribution in [0.1, 0.15) is 15.4 Å². The van der Waals surface area contributed by atoms with E-state index in [1.807, 2.05) is 30.5 Å². The van der Waals surface area contributed by atoms with E-state index in [9.17, 15) is 13.2 Å². The lowest BCUT2D eigenvalue weighted by Crippen LogP contribution is -2.27. The summed E-state index contributed by atoms with van der Waals surface area (Å²) in [5.74, 6) is 0.105. The van der Waals surface area contributed by atoms with E-state index in [0.29, 0.717) is 22.7 Å². The van der Waals surface area contributed by atoms with Crippen molar-refractivity contribution in [3.63, 3.8) is 0 Å². The van der Waals surface area contributed by atoms with Crippen LogP contribution in [-0.4, -0.2) is 33.5 Å². The number of rotatable bonds is 7. The molecule has 0 radical (unpaired) electrons.